The van der Waals surface area contributed by atoms with Crippen LogP contribution in [0.2, 0.25) is 0 Å². The smallest absolute Gasteiger partial charge is 0.292 e. The van der Waals surface area contributed by atoms with Gasteiger partial charge in [0.1, 0.15) is 0 Å². The van der Waals surface area contributed by atoms with E-state index in [0.717, 1.165) is 0 Å². The molecule has 0 bridgehead atoms. The van der Waals surface area contributed by atoms with Gasteiger partial charge in [-0.1, -0.05) is 0 Å². The average molecular weight is 91.1 g/mol. The van der Waals surface area contributed by atoms with Crippen molar-refractivity contribution in [2.75, 3.05) is 14.2 Å². The Morgan fingerprint density at radius 2 is 1.83 bits per heavy atom. The van der Waals surface area contributed by atoms with Crippen LogP contribution in [0.25, 0.3) is 0 Å². The van der Waals surface area contributed by atoms with Crippen molar-refractivity contribution in [3.63, 3.8) is 0 Å². The van der Waals surface area contributed by atoms with Crippen LogP contribution in [0.4, 0.5) is 0 Å². The predicted octanol–water partition coefficient (Wildman–Crippen LogP) is -0.636. The maximum Gasteiger partial charge on any atom is 0.292 e. The van der Waals surface area contributed by atoms with Gasteiger partial charge in [-0.15, -0.1) is 0 Å². The Kier molecular flexibility index (Phi) is 38.5. The Labute approximate surface area is 37.1 Å². The Hall–Kier alpha value is -0.570. The van der Waals surface area contributed by atoms with Crippen molar-refractivity contribution < 1.29 is 9.53 Å². The minimum absolute atomic E-state index is 0.375. The highest BCUT2D eigenvalue weighted by Crippen LogP contribution is 1.35. The van der Waals surface area contributed by atoms with Crippen LogP contribution in [0.1, 0.15) is 0 Å². The van der Waals surface area contributed by atoms with Crippen LogP contribution >= 0.6 is 0 Å². The third-order valence-corrected chi connectivity index (χ3v) is 0.0962. The minimum atomic E-state index is 0.375. The molecule has 0 aromatic carbocycles. The van der Waals surface area contributed by atoms with E-state index >= 15 is 0 Å². The van der Waals surface area contributed by atoms with Crippen LogP contribution in [0.15, 0.2) is 0 Å². The fourth-order valence-electron chi connectivity index (χ4n) is 0. The SMILES string of the molecule is CN.COC=O. The van der Waals surface area contributed by atoms with E-state index in [4.69, 9.17) is 4.79 Å². The summed E-state index contributed by atoms with van der Waals surface area (Å²) < 4.78 is 3.86. The van der Waals surface area contributed by atoms with Crippen molar-refractivity contribution in [1.82, 2.24) is 0 Å². The highest BCUT2D eigenvalue weighted by molar-refractivity contribution is 5.36. The third-order valence-electron chi connectivity index (χ3n) is 0.0962. The van der Waals surface area contributed by atoms with Crippen molar-refractivity contribution >= 4 is 6.47 Å². The molecule has 0 aromatic heterocycles. The predicted molar refractivity (Wildman–Crippen MR) is 23.2 cm³/mol. The van der Waals surface area contributed by atoms with Crippen LogP contribution in [-0.2, 0) is 9.53 Å². The number of rotatable bonds is 1. The summed E-state index contributed by atoms with van der Waals surface area (Å²) in [6.45, 7) is 0.375. The van der Waals surface area contributed by atoms with Crippen molar-refractivity contribution in [2.24, 2.45) is 5.73 Å². The zero-order valence-electron chi connectivity index (χ0n) is 3.97. The van der Waals surface area contributed by atoms with Crippen molar-refractivity contribution in [1.29, 1.82) is 0 Å². The first kappa shape index (κ1) is 9.06. The van der Waals surface area contributed by atoms with Crippen molar-refractivity contribution in [3.05, 3.63) is 0 Å². The molecule has 0 spiro atoms. The van der Waals surface area contributed by atoms with E-state index in [2.05, 4.69) is 10.5 Å². The van der Waals surface area contributed by atoms with Gasteiger partial charge in [-0.3, -0.25) is 4.79 Å². The molecule has 6 heavy (non-hydrogen) atoms. The van der Waals surface area contributed by atoms with Gasteiger partial charge in [0, 0.05) is 0 Å². The van der Waals surface area contributed by atoms with E-state index in [1.165, 1.54) is 14.2 Å². The molecule has 0 aliphatic rings. The standard InChI is InChI=1S/C2H4O2.CH5N/c1-4-2-3;1-2/h2H,1H3;2H2,1H3. The first-order chi connectivity index (χ1) is 2.91. The molecule has 0 aliphatic carbocycles. The maximum absolute atomic E-state index is 8.95. The third kappa shape index (κ3) is 110. The monoisotopic (exact) mass is 91.1 g/mol. The second kappa shape index (κ2) is 25.5. The maximum atomic E-state index is 8.95. The second-order valence-corrected chi connectivity index (χ2v) is 0.332. The second-order valence-electron chi connectivity index (χ2n) is 0.332. The van der Waals surface area contributed by atoms with Gasteiger partial charge in [-0.2, -0.15) is 0 Å². The summed E-state index contributed by atoms with van der Waals surface area (Å²) in [5.41, 5.74) is 4.50. The molecule has 0 saturated carbocycles. The molecule has 0 rings (SSSR count). The van der Waals surface area contributed by atoms with Crippen molar-refractivity contribution in [3.8, 4) is 0 Å². The zero-order chi connectivity index (χ0) is 5.41. The summed E-state index contributed by atoms with van der Waals surface area (Å²) in [5, 5.41) is 0. The summed E-state index contributed by atoms with van der Waals surface area (Å²) >= 11 is 0. The molecule has 0 saturated heterocycles. The van der Waals surface area contributed by atoms with Gasteiger partial charge in [0.2, 0.25) is 0 Å². The van der Waals surface area contributed by atoms with Crippen LogP contribution in [0.3, 0.4) is 0 Å². The molecular formula is C3H9NO2. The number of carbonyl (C=O) groups is 1. The summed E-state index contributed by atoms with van der Waals surface area (Å²) in [6.07, 6.45) is 0. The van der Waals surface area contributed by atoms with Gasteiger partial charge < -0.3 is 10.5 Å². The minimum Gasteiger partial charge on any atom is -0.471 e. The number of ether oxygens (including phenoxy) is 1. The zero-order valence-corrected chi connectivity index (χ0v) is 3.97. The molecule has 0 aromatic rings. The molecule has 0 atom stereocenters. The molecule has 0 radical (unpaired) electrons. The number of hydrogen-bond acceptors (Lipinski definition) is 3. The lowest BCUT2D eigenvalue weighted by Crippen LogP contribution is -1.69. The van der Waals surface area contributed by atoms with E-state index in [0.29, 0.717) is 6.47 Å². The molecule has 3 heteroatoms. The summed E-state index contributed by atoms with van der Waals surface area (Å²) in [6, 6.07) is 0. The van der Waals surface area contributed by atoms with Crippen LogP contribution in [-0.4, -0.2) is 20.6 Å². The van der Waals surface area contributed by atoms with E-state index < -0.39 is 0 Å². The van der Waals surface area contributed by atoms with E-state index in [1.54, 1.807) is 0 Å². The molecule has 0 unspecified atom stereocenters. The average Bonchev–Trinajstić information content (AvgIpc) is 1.72. The van der Waals surface area contributed by atoms with Gasteiger partial charge in [-0.25, -0.2) is 0 Å². The molecule has 0 aliphatic heterocycles. The molecular weight excluding hydrogens is 82.0 g/mol. The Morgan fingerprint density at radius 1 is 1.67 bits per heavy atom. The molecule has 3 nitrogen and oxygen atoms in total. The highest BCUT2D eigenvalue weighted by atomic mass is 16.5. The quantitative estimate of drug-likeness (QED) is 0.437. The summed E-state index contributed by atoms with van der Waals surface area (Å²) in [7, 11) is 2.81. The van der Waals surface area contributed by atoms with Crippen LogP contribution in [0.5, 0.6) is 0 Å². The number of nitrogens with two attached hydrogens (primary N) is 1. The molecule has 0 fully saturated rings. The Morgan fingerprint density at radius 3 is 1.83 bits per heavy atom. The van der Waals surface area contributed by atoms with Gasteiger partial charge in [-0.05, 0) is 7.05 Å². The van der Waals surface area contributed by atoms with Crippen LogP contribution < -0.4 is 5.73 Å². The highest BCUT2D eigenvalue weighted by Gasteiger charge is 1.44. The summed E-state index contributed by atoms with van der Waals surface area (Å²) in [4.78, 5) is 8.95. The van der Waals surface area contributed by atoms with Gasteiger partial charge in [0.05, 0.1) is 7.11 Å². The van der Waals surface area contributed by atoms with Crippen molar-refractivity contribution in [2.45, 2.75) is 0 Å². The Balaban J connectivity index is 0. The lowest BCUT2D eigenvalue weighted by molar-refractivity contribution is -0.126. The van der Waals surface area contributed by atoms with Gasteiger partial charge in [0.25, 0.3) is 6.47 Å². The first-order valence-electron chi connectivity index (χ1n) is 1.46. The number of methoxy groups -OCH3 is 1. The molecule has 0 heterocycles. The fraction of sp³-hybridized carbons (Fsp3) is 0.667. The van der Waals surface area contributed by atoms with Gasteiger partial charge in [0.15, 0.2) is 0 Å². The topological polar surface area (TPSA) is 52.3 Å². The van der Waals surface area contributed by atoms with Gasteiger partial charge >= 0.3 is 0 Å². The molecule has 38 valence electrons. The van der Waals surface area contributed by atoms with E-state index in [9.17, 15) is 0 Å². The lowest BCUT2D eigenvalue weighted by Gasteiger charge is -1.67. The Bertz CT molecular complexity index is 22.8. The first-order valence-corrected chi connectivity index (χ1v) is 1.46. The van der Waals surface area contributed by atoms with Crippen LogP contribution in [0, 0.1) is 0 Å². The molecule has 2 N–H and O–H groups in total. The van der Waals surface area contributed by atoms with E-state index in [-0.39, 0.29) is 0 Å². The normalized spacial score (nSPS) is 4.50. The lowest BCUT2D eigenvalue weighted by atomic mass is 11.5. The molecule has 0 amide bonds. The summed E-state index contributed by atoms with van der Waals surface area (Å²) in [5.74, 6) is 0. The van der Waals surface area contributed by atoms with E-state index in [1.807, 2.05) is 0 Å². The largest absolute Gasteiger partial charge is 0.471 e. The number of carbonyl (C=O) groups excluding carboxylic acids is 1. The fourth-order valence-corrected chi connectivity index (χ4v) is 0. The number of hydrogen-bond donors (Lipinski definition) is 1.